The third-order valence-electron chi connectivity index (χ3n) is 6.48. The summed E-state index contributed by atoms with van der Waals surface area (Å²) in [6, 6.07) is 0. The molecular weight excluding hydrogens is 324 g/mol. The van der Waals surface area contributed by atoms with Crippen molar-refractivity contribution in [1.29, 1.82) is 0 Å². The number of aliphatic hydroxyl groups is 1. The van der Waals surface area contributed by atoms with Gasteiger partial charge in [0.2, 0.25) is 0 Å². The first kappa shape index (κ1) is 18.3. The molecule has 1 aromatic heterocycles. The monoisotopic (exact) mass is 358 g/mol. The summed E-state index contributed by atoms with van der Waals surface area (Å²) in [6.07, 6.45) is 15.3. The first-order valence-corrected chi connectivity index (χ1v) is 10.7. The van der Waals surface area contributed by atoms with E-state index in [1.807, 2.05) is 12.4 Å². The first-order valence-electron chi connectivity index (χ1n) is 10.7. The molecule has 3 fully saturated rings. The maximum absolute atomic E-state index is 11.0. The maximum Gasteiger partial charge on any atom is 0.131 e. The van der Waals surface area contributed by atoms with Gasteiger partial charge < -0.3 is 10.0 Å². The van der Waals surface area contributed by atoms with Crippen molar-refractivity contribution in [2.75, 3.05) is 32.7 Å². The van der Waals surface area contributed by atoms with E-state index in [-0.39, 0.29) is 0 Å². The molecule has 1 aromatic rings. The summed E-state index contributed by atoms with van der Waals surface area (Å²) >= 11 is 0. The number of nitrogens with zero attached hydrogens (tertiary/aromatic N) is 4. The summed E-state index contributed by atoms with van der Waals surface area (Å²) in [5, 5.41) is 11.0. The van der Waals surface area contributed by atoms with Crippen LogP contribution in [0, 0.1) is 0 Å². The fourth-order valence-electron chi connectivity index (χ4n) is 5.01. The smallest absolute Gasteiger partial charge is 0.131 e. The van der Waals surface area contributed by atoms with Crippen LogP contribution in [-0.2, 0) is 6.54 Å². The molecule has 0 radical (unpaired) electrons. The lowest BCUT2D eigenvalue weighted by atomic mass is 9.89. The summed E-state index contributed by atoms with van der Waals surface area (Å²) in [5.74, 6) is 1.61. The summed E-state index contributed by atoms with van der Waals surface area (Å²) in [5.41, 5.74) is 0.632. The number of aromatic nitrogens is 2. The molecule has 1 saturated carbocycles. The van der Waals surface area contributed by atoms with E-state index >= 15 is 0 Å². The SMILES string of the molecule is O[C@]1(CN2CCCCC2)CCN(Cc2cnc(C3CCCCC3)nc2)C1. The zero-order valence-electron chi connectivity index (χ0n) is 16.1. The average Bonchev–Trinajstić information content (AvgIpc) is 3.04. The molecular formula is C21H34N4O. The van der Waals surface area contributed by atoms with Gasteiger partial charge in [-0.05, 0) is 45.2 Å². The van der Waals surface area contributed by atoms with Crippen LogP contribution in [0.4, 0.5) is 0 Å². The molecule has 3 heterocycles. The Balaban J connectivity index is 1.29. The van der Waals surface area contributed by atoms with E-state index in [0.717, 1.165) is 51.5 Å². The molecule has 0 spiro atoms. The summed E-state index contributed by atoms with van der Waals surface area (Å²) < 4.78 is 0. The van der Waals surface area contributed by atoms with E-state index in [1.54, 1.807) is 0 Å². The number of hydrogen-bond acceptors (Lipinski definition) is 5. The van der Waals surface area contributed by atoms with Crippen LogP contribution in [-0.4, -0.2) is 63.2 Å². The lowest BCUT2D eigenvalue weighted by Gasteiger charge is -2.33. The van der Waals surface area contributed by atoms with Gasteiger partial charge in [0.05, 0.1) is 5.60 Å². The number of rotatable bonds is 5. The Morgan fingerprint density at radius 3 is 2.35 bits per heavy atom. The molecule has 144 valence electrons. The molecule has 4 rings (SSSR count). The maximum atomic E-state index is 11.0. The van der Waals surface area contributed by atoms with E-state index in [4.69, 9.17) is 0 Å². The van der Waals surface area contributed by atoms with Crippen molar-refractivity contribution < 1.29 is 5.11 Å². The normalized spacial score (nSPS) is 29.3. The number of hydrogen-bond donors (Lipinski definition) is 1. The Hall–Kier alpha value is -1.04. The molecule has 0 aromatic carbocycles. The Morgan fingerprint density at radius 2 is 1.62 bits per heavy atom. The van der Waals surface area contributed by atoms with Crippen molar-refractivity contribution in [3.8, 4) is 0 Å². The Kier molecular flexibility index (Phi) is 5.87. The molecule has 1 aliphatic carbocycles. The second-order valence-corrected chi connectivity index (χ2v) is 8.81. The molecule has 2 aliphatic heterocycles. The molecule has 0 bridgehead atoms. The minimum atomic E-state index is -0.541. The van der Waals surface area contributed by atoms with Crippen molar-refractivity contribution in [3.63, 3.8) is 0 Å². The van der Waals surface area contributed by atoms with E-state index in [2.05, 4.69) is 19.8 Å². The first-order chi connectivity index (χ1) is 12.7. The molecule has 5 heteroatoms. The van der Waals surface area contributed by atoms with E-state index in [1.165, 1.54) is 56.9 Å². The van der Waals surface area contributed by atoms with Crippen LogP contribution in [0.5, 0.6) is 0 Å². The lowest BCUT2D eigenvalue weighted by Crippen LogP contribution is -2.46. The highest BCUT2D eigenvalue weighted by molar-refractivity contribution is 5.09. The van der Waals surface area contributed by atoms with Gasteiger partial charge in [0.25, 0.3) is 0 Å². The fraction of sp³-hybridized carbons (Fsp3) is 0.810. The molecule has 5 nitrogen and oxygen atoms in total. The molecule has 1 atom stereocenters. The average molecular weight is 359 g/mol. The van der Waals surface area contributed by atoms with Gasteiger partial charge in [-0.2, -0.15) is 0 Å². The third kappa shape index (κ3) is 4.62. The molecule has 1 N–H and O–H groups in total. The van der Waals surface area contributed by atoms with Crippen LogP contribution >= 0.6 is 0 Å². The number of β-amino-alcohol motifs (C(OH)–C–C–N with tert-alkyl or cyclic N) is 1. The second kappa shape index (κ2) is 8.32. The van der Waals surface area contributed by atoms with Gasteiger partial charge in [0.15, 0.2) is 0 Å². The van der Waals surface area contributed by atoms with Crippen LogP contribution in [0.3, 0.4) is 0 Å². The summed E-state index contributed by atoms with van der Waals surface area (Å²) in [7, 11) is 0. The van der Waals surface area contributed by atoms with Crippen molar-refractivity contribution in [2.24, 2.45) is 0 Å². The third-order valence-corrected chi connectivity index (χ3v) is 6.48. The van der Waals surface area contributed by atoms with Gasteiger partial charge in [-0.25, -0.2) is 9.97 Å². The van der Waals surface area contributed by atoms with E-state index in [9.17, 15) is 5.11 Å². The van der Waals surface area contributed by atoms with Crippen LogP contribution in [0.1, 0.15) is 75.1 Å². The molecule has 0 unspecified atom stereocenters. The highest BCUT2D eigenvalue weighted by Crippen LogP contribution is 2.30. The standard InChI is InChI=1S/C21H34N4O/c26-21(16-24-10-5-2-6-11-24)9-12-25(17-21)15-18-13-22-20(23-14-18)19-7-3-1-4-8-19/h13-14,19,26H,1-12,15-17H2/t21-/m0/s1. The number of likely N-dealkylation sites (tertiary alicyclic amines) is 2. The zero-order chi connectivity index (χ0) is 17.8. The van der Waals surface area contributed by atoms with Gasteiger partial charge >= 0.3 is 0 Å². The van der Waals surface area contributed by atoms with E-state index in [0.29, 0.717) is 5.92 Å². The van der Waals surface area contributed by atoms with Crippen LogP contribution in [0.15, 0.2) is 12.4 Å². The van der Waals surface area contributed by atoms with Crippen molar-refractivity contribution in [2.45, 2.75) is 75.9 Å². The van der Waals surface area contributed by atoms with Gasteiger partial charge in [0.1, 0.15) is 5.82 Å². The quantitative estimate of drug-likeness (QED) is 0.877. The highest BCUT2D eigenvalue weighted by Gasteiger charge is 2.37. The van der Waals surface area contributed by atoms with Crippen molar-refractivity contribution >= 4 is 0 Å². The summed E-state index contributed by atoms with van der Waals surface area (Å²) in [4.78, 5) is 14.1. The summed E-state index contributed by atoms with van der Waals surface area (Å²) in [6.45, 7) is 5.73. The topological polar surface area (TPSA) is 52.5 Å². The molecule has 0 amide bonds. The zero-order valence-corrected chi connectivity index (χ0v) is 16.1. The van der Waals surface area contributed by atoms with Crippen molar-refractivity contribution in [1.82, 2.24) is 19.8 Å². The van der Waals surface area contributed by atoms with Crippen LogP contribution in [0.25, 0.3) is 0 Å². The Labute approximate surface area is 157 Å². The van der Waals surface area contributed by atoms with Crippen molar-refractivity contribution in [3.05, 3.63) is 23.8 Å². The lowest BCUT2D eigenvalue weighted by molar-refractivity contribution is 0.00633. The molecule has 26 heavy (non-hydrogen) atoms. The van der Waals surface area contributed by atoms with Gasteiger partial charge in [-0.15, -0.1) is 0 Å². The predicted octanol–water partition coefficient (Wildman–Crippen LogP) is 2.95. The van der Waals surface area contributed by atoms with Crippen LogP contribution < -0.4 is 0 Å². The minimum absolute atomic E-state index is 0.541. The Morgan fingerprint density at radius 1 is 0.923 bits per heavy atom. The van der Waals surface area contributed by atoms with Gasteiger partial charge in [0, 0.05) is 50.1 Å². The fourth-order valence-corrected chi connectivity index (χ4v) is 5.01. The van der Waals surface area contributed by atoms with Crippen LogP contribution in [0.2, 0.25) is 0 Å². The largest absolute Gasteiger partial charge is 0.387 e. The second-order valence-electron chi connectivity index (χ2n) is 8.81. The minimum Gasteiger partial charge on any atom is -0.387 e. The predicted molar refractivity (Wildman–Crippen MR) is 103 cm³/mol. The van der Waals surface area contributed by atoms with Gasteiger partial charge in [-0.1, -0.05) is 25.7 Å². The molecule has 2 saturated heterocycles. The Bertz CT molecular complexity index is 566. The van der Waals surface area contributed by atoms with E-state index < -0.39 is 5.60 Å². The number of piperidine rings is 1. The molecule has 3 aliphatic rings. The highest BCUT2D eigenvalue weighted by atomic mass is 16.3. The van der Waals surface area contributed by atoms with Gasteiger partial charge in [-0.3, -0.25) is 4.90 Å².